The highest BCUT2D eigenvalue weighted by atomic mass is 35.5. The quantitative estimate of drug-likeness (QED) is 0.836. The van der Waals surface area contributed by atoms with Gasteiger partial charge in [-0.05, 0) is 24.4 Å². The molecule has 1 aliphatic rings. The molecule has 0 unspecified atom stereocenters. The lowest BCUT2D eigenvalue weighted by Crippen LogP contribution is -2.33. The summed E-state index contributed by atoms with van der Waals surface area (Å²) in [5, 5.41) is 0.298. The van der Waals surface area contributed by atoms with Crippen molar-refractivity contribution >= 4 is 17.5 Å². The first-order valence-corrected chi connectivity index (χ1v) is 8.48. The van der Waals surface area contributed by atoms with E-state index in [1.165, 1.54) is 18.1 Å². The van der Waals surface area contributed by atoms with Crippen molar-refractivity contribution in [3.05, 3.63) is 59.1 Å². The number of rotatable bonds is 5. The first-order valence-electron chi connectivity index (χ1n) is 8.10. The van der Waals surface area contributed by atoms with Gasteiger partial charge in [-0.2, -0.15) is 0 Å². The van der Waals surface area contributed by atoms with Crippen LogP contribution in [0.3, 0.4) is 0 Å². The van der Waals surface area contributed by atoms with Gasteiger partial charge < -0.3 is 4.90 Å². The first-order chi connectivity index (χ1) is 11.6. The van der Waals surface area contributed by atoms with E-state index in [1.54, 1.807) is 11.9 Å². The zero-order valence-electron chi connectivity index (χ0n) is 13.7. The average Bonchev–Trinajstić information content (AvgIpc) is 3.02. The highest BCUT2D eigenvalue weighted by Gasteiger charge is 2.26. The lowest BCUT2D eigenvalue weighted by Gasteiger charge is -2.22. The molecule has 6 heteroatoms. The Morgan fingerprint density at radius 3 is 2.92 bits per heavy atom. The number of carbonyl (C=O) groups is 1. The minimum Gasteiger partial charge on any atom is -0.340 e. The average molecular weight is 345 g/mol. The fourth-order valence-electron chi connectivity index (χ4n) is 3.17. The fourth-order valence-corrected chi connectivity index (χ4v) is 3.35. The maximum Gasteiger partial charge on any atom is 0.273 e. The van der Waals surface area contributed by atoms with Crippen molar-refractivity contribution in [2.75, 3.05) is 26.7 Å². The minimum absolute atomic E-state index is 0.149. The molecule has 5 nitrogen and oxygen atoms in total. The zero-order valence-corrected chi connectivity index (χ0v) is 14.5. The van der Waals surface area contributed by atoms with Gasteiger partial charge in [0, 0.05) is 32.9 Å². The van der Waals surface area contributed by atoms with E-state index in [1.807, 2.05) is 6.07 Å². The van der Waals surface area contributed by atoms with E-state index >= 15 is 0 Å². The van der Waals surface area contributed by atoms with Gasteiger partial charge in [-0.15, -0.1) is 0 Å². The number of benzene rings is 1. The highest BCUT2D eigenvalue weighted by molar-refractivity contribution is 6.33. The number of nitrogens with zero attached hydrogens (tertiary/aromatic N) is 4. The van der Waals surface area contributed by atoms with Crippen molar-refractivity contribution in [2.24, 2.45) is 5.92 Å². The summed E-state index contributed by atoms with van der Waals surface area (Å²) in [6, 6.07) is 10.5. The molecule has 1 saturated heterocycles. The number of aromatic nitrogens is 2. The van der Waals surface area contributed by atoms with Crippen LogP contribution < -0.4 is 0 Å². The molecule has 2 aromatic rings. The van der Waals surface area contributed by atoms with Gasteiger partial charge in [-0.1, -0.05) is 41.9 Å². The number of halogens is 1. The number of hydrogen-bond donors (Lipinski definition) is 0. The third-order valence-corrected chi connectivity index (χ3v) is 4.64. The van der Waals surface area contributed by atoms with Crippen LogP contribution in [0.4, 0.5) is 0 Å². The molecule has 2 heterocycles. The Labute approximate surface area is 147 Å². The lowest BCUT2D eigenvalue weighted by atomic mass is 10.1. The number of amides is 1. The summed E-state index contributed by atoms with van der Waals surface area (Å²) in [6.07, 6.45) is 3.90. The molecule has 1 aromatic carbocycles. The molecule has 0 radical (unpaired) electrons. The molecule has 1 aliphatic heterocycles. The van der Waals surface area contributed by atoms with E-state index in [0.29, 0.717) is 17.5 Å². The smallest absolute Gasteiger partial charge is 0.273 e. The Hall–Kier alpha value is -1.98. The van der Waals surface area contributed by atoms with Gasteiger partial charge >= 0.3 is 0 Å². The van der Waals surface area contributed by atoms with Gasteiger partial charge in [0.2, 0.25) is 0 Å². The maximum atomic E-state index is 12.5. The number of hydrogen-bond acceptors (Lipinski definition) is 4. The summed E-state index contributed by atoms with van der Waals surface area (Å²) in [6.45, 7) is 3.75. The number of carbonyl (C=O) groups excluding carboxylic acids is 1. The molecule has 3 rings (SSSR count). The summed E-state index contributed by atoms with van der Waals surface area (Å²) in [5.74, 6) is 0.326. The van der Waals surface area contributed by atoms with Crippen molar-refractivity contribution < 1.29 is 4.79 Å². The van der Waals surface area contributed by atoms with E-state index < -0.39 is 0 Å². The van der Waals surface area contributed by atoms with E-state index in [0.717, 1.165) is 26.1 Å². The maximum absolute atomic E-state index is 12.5. The Bertz CT molecular complexity index is 694. The largest absolute Gasteiger partial charge is 0.340 e. The van der Waals surface area contributed by atoms with Crippen molar-refractivity contribution in [1.29, 1.82) is 0 Å². The minimum atomic E-state index is -0.149. The SMILES string of the molecule is CN(C[C@H]1CCN(Cc2ccccc2)C1)C(=O)c1ncncc1Cl. The predicted octanol–water partition coefficient (Wildman–Crippen LogP) is 2.72. The Morgan fingerprint density at radius 1 is 1.38 bits per heavy atom. The lowest BCUT2D eigenvalue weighted by molar-refractivity contribution is 0.0767. The molecule has 1 atom stereocenters. The van der Waals surface area contributed by atoms with E-state index in [4.69, 9.17) is 11.6 Å². The second-order valence-corrected chi connectivity index (χ2v) is 6.69. The standard InChI is InChI=1S/C18H21ClN4O/c1-22(18(24)17-16(19)9-20-13-21-17)10-15-7-8-23(12-15)11-14-5-3-2-4-6-14/h2-6,9,13,15H,7-8,10-12H2,1H3/t15-/m1/s1. The normalized spacial score (nSPS) is 17.8. The molecule has 0 spiro atoms. The second-order valence-electron chi connectivity index (χ2n) is 6.28. The first kappa shape index (κ1) is 16.9. The van der Waals surface area contributed by atoms with E-state index in [-0.39, 0.29) is 11.6 Å². The van der Waals surface area contributed by atoms with Crippen molar-refractivity contribution in [2.45, 2.75) is 13.0 Å². The molecule has 0 bridgehead atoms. The fraction of sp³-hybridized carbons (Fsp3) is 0.389. The van der Waals surface area contributed by atoms with Gasteiger partial charge in [0.05, 0.1) is 5.02 Å². The van der Waals surface area contributed by atoms with Gasteiger partial charge in [-0.25, -0.2) is 9.97 Å². The van der Waals surface area contributed by atoms with Crippen LogP contribution >= 0.6 is 11.6 Å². The second kappa shape index (κ2) is 7.73. The summed E-state index contributed by atoms with van der Waals surface area (Å²) < 4.78 is 0. The molecule has 24 heavy (non-hydrogen) atoms. The molecule has 0 saturated carbocycles. The predicted molar refractivity (Wildman–Crippen MR) is 93.8 cm³/mol. The Balaban J connectivity index is 1.53. The van der Waals surface area contributed by atoms with Crippen LogP contribution in [0.2, 0.25) is 5.02 Å². The van der Waals surface area contributed by atoms with Crippen molar-refractivity contribution in [3.8, 4) is 0 Å². The molecule has 1 aromatic heterocycles. The van der Waals surface area contributed by atoms with Crippen LogP contribution in [0.25, 0.3) is 0 Å². The molecular formula is C18H21ClN4O. The third-order valence-electron chi connectivity index (χ3n) is 4.37. The van der Waals surface area contributed by atoms with Gasteiger partial charge in [0.1, 0.15) is 12.0 Å². The summed E-state index contributed by atoms with van der Waals surface area (Å²) in [4.78, 5) is 24.4. The van der Waals surface area contributed by atoms with Gasteiger partial charge in [0.15, 0.2) is 0 Å². The van der Waals surface area contributed by atoms with Crippen LogP contribution in [-0.2, 0) is 6.54 Å². The van der Waals surface area contributed by atoms with Crippen molar-refractivity contribution in [3.63, 3.8) is 0 Å². The number of likely N-dealkylation sites (tertiary alicyclic amines) is 1. The Morgan fingerprint density at radius 2 is 2.17 bits per heavy atom. The topological polar surface area (TPSA) is 49.3 Å². The monoisotopic (exact) mass is 344 g/mol. The summed E-state index contributed by atoms with van der Waals surface area (Å²) in [5.41, 5.74) is 1.60. The highest BCUT2D eigenvalue weighted by Crippen LogP contribution is 2.21. The van der Waals surface area contributed by atoms with Gasteiger partial charge in [0.25, 0.3) is 5.91 Å². The van der Waals surface area contributed by atoms with Crippen LogP contribution in [0, 0.1) is 5.92 Å². The Kier molecular flexibility index (Phi) is 5.43. The van der Waals surface area contributed by atoms with Crippen LogP contribution in [0.1, 0.15) is 22.5 Å². The van der Waals surface area contributed by atoms with Crippen LogP contribution in [-0.4, -0.2) is 52.4 Å². The third kappa shape index (κ3) is 4.10. The molecular weight excluding hydrogens is 324 g/mol. The van der Waals surface area contributed by atoms with Crippen LogP contribution in [0.15, 0.2) is 42.9 Å². The van der Waals surface area contributed by atoms with E-state index in [2.05, 4.69) is 39.1 Å². The van der Waals surface area contributed by atoms with E-state index in [9.17, 15) is 4.79 Å². The van der Waals surface area contributed by atoms with Crippen LogP contribution in [0.5, 0.6) is 0 Å². The molecule has 1 amide bonds. The molecule has 0 N–H and O–H groups in total. The zero-order chi connectivity index (χ0) is 16.9. The van der Waals surface area contributed by atoms with Gasteiger partial charge in [-0.3, -0.25) is 9.69 Å². The molecule has 0 aliphatic carbocycles. The summed E-state index contributed by atoms with van der Waals surface area (Å²) in [7, 11) is 1.81. The molecule has 126 valence electrons. The summed E-state index contributed by atoms with van der Waals surface area (Å²) >= 11 is 6.01. The molecule has 1 fully saturated rings. The van der Waals surface area contributed by atoms with Crippen molar-refractivity contribution in [1.82, 2.24) is 19.8 Å².